The van der Waals surface area contributed by atoms with Gasteiger partial charge in [0.2, 0.25) is 5.95 Å². The molecule has 32 heavy (non-hydrogen) atoms. The molecule has 0 spiro atoms. The maximum absolute atomic E-state index is 14.1. The molecule has 7 nitrogen and oxygen atoms in total. The van der Waals surface area contributed by atoms with E-state index in [9.17, 15) is 4.39 Å². The second-order valence-corrected chi connectivity index (χ2v) is 7.65. The van der Waals surface area contributed by atoms with Crippen molar-refractivity contribution >= 4 is 23.0 Å². The number of nitrogens with one attached hydrogen (secondary N) is 3. The summed E-state index contributed by atoms with van der Waals surface area (Å²) in [6.45, 7) is 0. The minimum atomic E-state index is -0.295. The number of anilines is 4. The standard InChI is InChI=1S/C24H25FN6O/c1-32-18-11-9-17(10-12-18)28-24-27-15-21-23(31-24)16(6-4-5-13-26)14-22(30-21)29-20-8-3-2-7-19(20)25/h2-3,7-12,15-16,22,29-30H,4-6,14H2,1H3,(H,27,28,31). The highest BCUT2D eigenvalue weighted by Gasteiger charge is 2.29. The summed E-state index contributed by atoms with van der Waals surface area (Å²) in [6.07, 6.45) is 4.38. The van der Waals surface area contributed by atoms with Crippen LogP contribution in [0.1, 0.15) is 37.3 Å². The molecular weight excluding hydrogens is 407 g/mol. The van der Waals surface area contributed by atoms with Crippen molar-refractivity contribution in [2.24, 2.45) is 0 Å². The average Bonchev–Trinajstić information content (AvgIpc) is 2.81. The number of nitrogens with zero attached hydrogens (tertiary/aromatic N) is 3. The molecule has 0 fully saturated rings. The Kier molecular flexibility index (Phi) is 6.66. The van der Waals surface area contributed by atoms with Crippen LogP contribution in [0, 0.1) is 17.1 Å². The molecule has 2 heterocycles. The van der Waals surface area contributed by atoms with Crippen LogP contribution in [-0.2, 0) is 0 Å². The Morgan fingerprint density at radius 1 is 1.22 bits per heavy atom. The average molecular weight is 433 g/mol. The first-order valence-electron chi connectivity index (χ1n) is 10.6. The summed E-state index contributed by atoms with van der Waals surface area (Å²) in [5, 5.41) is 18.8. The first-order valence-corrected chi connectivity index (χ1v) is 10.6. The van der Waals surface area contributed by atoms with Gasteiger partial charge < -0.3 is 20.7 Å². The van der Waals surface area contributed by atoms with Crippen LogP contribution in [0.5, 0.6) is 5.75 Å². The molecule has 1 aliphatic rings. The monoisotopic (exact) mass is 432 g/mol. The lowest BCUT2D eigenvalue weighted by atomic mass is 9.89. The van der Waals surface area contributed by atoms with Crippen LogP contribution >= 0.6 is 0 Å². The fourth-order valence-corrected chi connectivity index (χ4v) is 3.87. The van der Waals surface area contributed by atoms with E-state index in [1.807, 2.05) is 24.3 Å². The van der Waals surface area contributed by atoms with Gasteiger partial charge in [-0.2, -0.15) is 5.26 Å². The largest absolute Gasteiger partial charge is 0.497 e. The summed E-state index contributed by atoms with van der Waals surface area (Å²) < 4.78 is 19.3. The zero-order valence-electron chi connectivity index (χ0n) is 17.8. The van der Waals surface area contributed by atoms with Gasteiger partial charge in [-0.1, -0.05) is 12.1 Å². The van der Waals surface area contributed by atoms with E-state index >= 15 is 0 Å². The van der Waals surface area contributed by atoms with Gasteiger partial charge in [0.1, 0.15) is 11.6 Å². The van der Waals surface area contributed by atoms with E-state index in [0.29, 0.717) is 24.5 Å². The molecule has 3 aromatic rings. The number of hydrogen-bond acceptors (Lipinski definition) is 7. The lowest BCUT2D eigenvalue weighted by molar-refractivity contribution is 0.415. The number of para-hydroxylation sites is 1. The number of ether oxygens (including phenoxy) is 1. The summed E-state index contributed by atoms with van der Waals surface area (Å²) >= 11 is 0. The van der Waals surface area contributed by atoms with E-state index in [1.165, 1.54) is 6.07 Å². The number of halogens is 1. The lowest BCUT2D eigenvalue weighted by Crippen LogP contribution is -2.35. The molecule has 2 unspecified atom stereocenters. The highest BCUT2D eigenvalue weighted by Crippen LogP contribution is 2.37. The summed E-state index contributed by atoms with van der Waals surface area (Å²) in [5.74, 6) is 1.10. The van der Waals surface area contributed by atoms with Crippen molar-refractivity contribution in [2.75, 3.05) is 23.1 Å². The molecule has 2 aromatic carbocycles. The van der Waals surface area contributed by atoms with E-state index in [4.69, 9.17) is 15.0 Å². The van der Waals surface area contributed by atoms with Crippen molar-refractivity contribution < 1.29 is 9.13 Å². The smallest absolute Gasteiger partial charge is 0.227 e. The summed E-state index contributed by atoms with van der Waals surface area (Å²) in [7, 11) is 1.63. The molecule has 0 bridgehead atoms. The Morgan fingerprint density at radius 2 is 2.03 bits per heavy atom. The number of benzene rings is 2. The number of rotatable bonds is 8. The maximum atomic E-state index is 14.1. The van der Waals surface area contributed by atoms with Gasteiger partial charge in [-0.3, -0.25) is 0 Å². The van der Waals surface area contributed by atoms with Gasteiger partial charge in [0.25, 0.3) is 0 Å². The second kappa shape index (κ2) is 9.96. The number of nitriles is 1. The van der Waals surface area contributed by atoms with Crippen LogP contribution in [0.2, 0.25) is 0 Å². The molecule has 8 heteroatoms. The van der Waals surface area contributed by atoms with Gasteiger partial charge in [-0.15, -0.1) is 0 Å². The number of fused-ring (bicyclic) bond motifs is 1. The number of aromatic nitrogens is 2. The Balaban J connectivity index is 1.54. The topological polar surface area (TPSA) is 94.9 Å². The fourth-order valence-electron chi connectivity index (χ4n) is 3.87. The van der Waals surface area contributed by atoms with Gasteiger partial charge in [-0.25, -0.2) is 14.4 Å². The third-order valence-corrected chi connectivity index (χ3v) is 5.45. The summed E-state index contributed by atoms with van der Waals surface area (Å²) in [5.41, 5.74) is 3.02. The molecular formula is C24H25FN6O. The Hall–Kier alpha value is -3.86. The molecule has 164 valence electrons. The van der Waals surface area contributed by atoms with Gasteiger partial charge in [0, 0.05) is 18.0 Å². The molecule has 3 N–H and O–H groups in total. The zero-order chi connectivity index (χ0) is 22.3. The summed E-state index contributed by atoms with van der Waals surface area (Å²) in [4.78, 5) is 9.22. The van der Waals surface area contributed by atoms with Crippen molar-refractivity contribution in [1.82, 2.24) is 9.97 Å². The maximum Gasteiger partial charge on any atom is 0.227 e. The minimum absolute atomic E-state index is 0.114. The van der Waals surface area contributed by atoms with Crippen molar-refractivity contribution in [3.8, 4) is 11.8 Å². The van der Waals surface area contributed by atoms with Crippen LogP contribution in [0.4, 0.5) is 27.4 Å². The Bertz CT molecular complexity index is 1100. The quantitative estimate of drug-likeness (QED) is 0.410. The number of unbranched alkanes of at least 4 members (excludes halogenated alkanes) is 1. The zero-order valence-corrected chi connectivity index (χ0v) is 17.8. The lowest BCUT2D eigenvalue weighted by Gasteiger charge is -2.33. The molecule has 1 aliphatic heterocycles. The molecule has 0 saturated heterocycles. The molecule has 0 radical (unpaired) electrons. The van der Waals surface area contributed by atoms with E-state index in [-0.39, 0.29) is 17.9 Å². The first kappa shape index (κ1) is 21.4. The Labute approximate surface area is 186 Å². The molecule has 0 aliphatic carbocycles. The highest BCUT2D eigenvalue weighted by atomic mass is 19.1. The van der Waals surface area contributed by atoms with E-state index in [2.05, 4.69) is 27.0 Å². The summed E-state index contributed by atoms with van der Waals surface area (Å²) in [6, 6.07) is 16.4. The van der Waals surface area contributed by atoms with Crippen LogP contribution in [0.25, 0.3) is 0 Å². The molecule has 0 amide bonds. The normalized spacial score (nSPS) is 16.9. The van der Waals surface area contributed by atoms with Crippen molar-refractivity contribution in [2.45, 2.75) is 37.8 Å². The van der Waals surface area contributed by atoms with E-state index in [0.717, 1.165) is 35.7 Å². The predicted octanol–water partition coefficient (Wildman–Crippen LogP) is 5.40. The van der Waals surface area contributed by atoms with Gasteiger partial charge in [-0.05, 0) is 55.7 Å². The molecule has 2 atom stereocenters. The molecule has 1 aromatic heterocycles. The van der Waals surface area contributed by atoms with Crippen molar-refractivity contribution in [1.29, 1.82) is 5.26 Å². The predicted molar refractivity (Wildman–Crippen MR) is 123 cm³/mol. The van der Waals surface area contributed by atoms with Crippen LogP contribution in [0.15, 0.2) is 54.7 Å². The van der Waals surface area contributed by atoms with E-state index < -0.39 is 0 Å². The van der Waals surface area contributed by atoms with Crippen LogP contribution in [0.3, 0.4) is 0 Å². The Morgan fingerprint density at radius 3 is 2.78 bits per heavy atom. The fraction of sp³-hybridized carbons (Fsp3) is 0.292. The first-order chi connectivity index (χ1) is 15.7. The van der Waals surface area contributed by atoms with Gasteiger partial charge in [0.15, 0.2) is 0 Å². The second-order valence-electron chi connectivity index (χ2n) is 7.65. The number of methoxy groups -OCH3 is 1. The molecule has 4 rings (SSSR count). The van der Waals surface area contributed by atoms with Crippen molar-refractivity contribution in [3.63, 3.8) is 0 Å². The van der Waals surface area contributed by atoms with Crippen LogP contribution in [-0.4, -0.2) is 23.2 Å². The van der Waals surface area contributed by atoms with Crippen molar-refractivity contribution in [3.05, 3.63) is 66.2 Å². The van der Waals surface area contributed by atoms with Crippen LogP contribution < -0.4 is 20.7 Å². The SMILES string of the molecule is COc1ccc(Nc2ncc3c(n2)C(CCCC#N)CC(Nc2ccccc2F)N3)cc1. The van der Waals surface area contributed by atoms with Gasteiger partial charge in [0.05, 0.1) is 42.6 Å². The third-order valence-electron chi connectivity index (χ3n) is 5.45. The van der Waals surface area contributed by atoms with Gasteiger partial charge >= 0.3 is 0 Å². The molecule has 0 saturated carbocycles. The third kappa shape index (κ3) is 5.06. The minimum Gasteiger partial charge on any atom is -0.497 e. The van der Waals surface area contributed by atoms with E-state index in [1.54, 1.807) is 31.5 Å². The number of hydrogen-bond donors (Lipinski definition) is 3. The highest BCUT2D eigenvalue weighted by molar-refractivity contribution is 5.59.